The van der Waals surface area contributed by atoms with Crippen molar-refractivity contribution in [2.45, 2.75) is 83.4 Å². The third-order valence-corrected chi connectivity index (χ3v) is 8.24. The number of rotatable bonds is 12. The Bertz CT molecular complexity index is 1300. The number of sulfonamides is 1. The van der Waals surface area contributed by atoms with E-state index in [0.717, 1.165) is 17.0 Å². The van der Waals surface area contributed by atoms with E-state index in [4.69, 9.17) is 4.84 Å². The Kier molecular flexibility index (Phi) is 9.83. The number of carbonyl (C=O) groups is 3. The highest BCUT2D eigenvalue weighted by molar-refractivity contribution is 7.89. The van der Waals surface area contributed by atoms with Crippen LogP contribution in [-0.2, 0) is 29.2 Å². The maximum Gasteiger partial charge on any atom is 0.323 e. The molecular formula is C25H36N6O7S. The van der Waals surface area contributed by atoms with Crippen molar-refractivity contribution in [1.29, 1.82) is 0 Å². The number of hydrogen-bond acceptors (Lipinski definition) is 8. The SMILES string of the molecule is Cc1cc(C)c(S(=O)(=O)NC(CNC(=O)C2CC(CCCC(=O)Nc3nc(C)c(C)[nH]3)NO2)C(=O)O)c(C)c1. The zero-order chi connectivity index (χ0) is 28.9. The van der Waals surface area contributed by atoms with Gasteiger partial charge in [-0.2, -0.15) is 10.2 Å². The fourth-order valence-electron chi connectivity index (χ4n) is 4.51. The molecule has 1 aliphatic heterocycles. The molecule has 3 atom stereocenters. The number of carbonyl (C=O) groups excluding carboxylic acids is 2. The molecule has 1 fully saturated rings. The van der Waals surface area contributed by atoms with E-state index in [-0.39, 0.29) is 23.3 Å². The number of imidazole rings is 1. The zero-order valence-corrected chi connectivity index (χ0v) is 23.5. The summed E-state index contributed by atoms with van der Waals surface area (Å²) in [5.41, 5.74) is 6.33. The van der Waals surface area contributed by atoms with Crippen LogP contribution in [0.4, 0.5) is 5.95 Å². The lowest BCUT2D eigenvalue weighted by molar-refractivity contribution is -0.139. The Labute approximate surface area is 227 Å². The minimum absolute atomic E-state index is 0.0138. The number of amides is 2. The van der Waals surface area contributed by atoms with Gasteiger partial charge in [-0.1, -0.05) is 17.7 Å². The molecule has 6 N–H and O–H groups in total. The fourth-order valence-corrected chi connectivity index (χ4v) is 6.16. The number of aromatic amines is 1. The normalized spacial score (nSPS) is 18.1. The summed E-state index contributed by atoms with van der Waals surface area (Å²) in [5, 5.41) is 14.7. The molecule has 2 amide bonds. The first kappa shape index (κ1) is 30.2. The summed E-state index contributed by atoms with van der Waals surface area (Å²) in [6.45, 7) is 8.36. The number of aromatic nitrogens is 2. The van der Waals surface area contributed by atoms with Gasteiger partial charge in [0.05, 0.1) is 10.6 Å². The average molecular weight is 565 g/mol. The molecule has 1 saturated heterocycles. The van der Waals surface area contributed by atoms with Crippen molar-refractivity contribution in [3.63, 3.8) is 0 Å². The van der Waals surface area contributed by atoms with E-state index in [1.807, 2.05) is 20.8 Å². The molecule has 0 spiro atoms. The molecule has 0 aliphatic carbocycles. The Morgan fingerprint density at radius 1 is 1.15 bits per heavy atom. The number of carboxylic acids is 1. The van der Waals surface area contributed by atoms with Crippen LogP contribution in [0.5, 0.6) is 0 Å². The summed E-state index contributed by atoms with van der Waals surface area (Å²) in [6, 6.07) is 1.65. The first-order valence-corrected chi connectivity index (χ1v) is 14.1. The van der Waals surface area contributed by atoms with Gasteiger partial charge in [0.2, 0.25) is 21.9 Å². The number of benzene rings is 1. The van der Waals surface area contributed by atoms with Gasteiger partial charge < -0.3 is 15.4 Å². The van der Waals surface area contributed by atoms with Crippen LogP contribution in [0, 0.1) is 34.6 Å². The second-order valence-corrected chi connectivity index (χ2v) is 11.5. The minimum atomic E-state index is -4.16. The molecule has 3 unspecified atom stereocenters. The van der Waals surface area contributed by atoms with Gasteiger partial charge in [-0.15, -0.1) is 0 Å². The number of anilines is 1. The van der Waals surface area contributed by atoms with Crippen LogP contribution in [-0.4, -0.2) is 66.0 Å². The molecular weight excluding hydrogens is 528 g/mol. The van der Waals surface area contributed by atoms with Gasteiger partial charge in [-0.3, -0.25) is 24.5 Å². The van der Waals surface area contributed by atoms with Gasteiger partial charge in [0.25, 0.3) is 5.91 Å². The van der Waals surface area contributed by atoms with Crippen molar-refractivity contribution in [3.8, 4) is 0 Å². The molecule has 39 heavy (non-hydrogen) atoms. The van der Waals surface area contributed by atoms with Crippen LogP contribution in [0.25, 0.3) is 0 Å². The van der Waals surface area contributed by atoms with Crippen LogP contribution in [0.2, 0.25) is 0 Å². The first-order valence-electron chi connectivity index (χ1n) is 12.6. The molecule has 2 heterocycles. The molecule has 1 aromatic heterocycles. The van der Waals surface area contributed by atoms with Crippen LogP contribution in [0.3, 0.4) is 0 Å². The van der Waals surface area contributed by atoms with Gasteiger partial charge in [0, 0.05) is 31.1 Å². The average Bonchev–Trinajstić information content (AvgIpc) is 3.41. The molecule has 13 nitrogen and oxygen atoms in total. The van der Waals surface area contributed by atoms with Crippen LogP contribution >= 0.6 is 0 Å². The minimum Gasteiger partial charge on any atom is -0.480 e. The van der Waals surface area contributed by atoms with Crippen molar-refractivity contribution >= 4 is 33.8 Å². The van der Waals surface area contributed by atoms with Gasteiger partial charge in [0.15, 0.2) is 6.10 Å². The summed E-state index contributed by atoms with van der Waals surface area (Å²) < 4.78 is 28.1. The smallest absolute Gasteiger partial charge is 0.323 e. The van der Waals surface area contributed by atoms with E-state index in [1.54, 1.807) is 26.0 Å². The number of nitrogens with zero attached hydrogens (tertiary/aromatic N) is 1. The molecule has 0 bridgehead atoms. The summed E-state index contributed by atoms with van der Waals surface area (Å²) in [4.78, 5) is 49.0. The summed E-state index contributed by atoms with van der Waals surface area (Å²) >= 11 is 0. The number of H-pyrrole nitrogens is 1. The van der Waals surface area contributed by atoms with Crippen molar-refractivity contribution in [2.75, 3.05) is 11.9 Å². The Hall–Kier alpha value is -3.33. The highest BCUT2D eigenvalue weighted by Crippen LogP contribution is 2.22. The number of nitrogens with one attached hydrogen (secondary N) is 5. The predicted octanol–water partition coefficient (Wildman–Crippen LogP) is 1.27. The van der Waals surface area contributed by atoms with Crippen LogP contribution in [0.15, 0.2) is 17.0 Å². The largest absolute Gasteiger partial charge is 0.480 e. The Morgan fingerprint density at radius 2 is 1.82 bits per heavy atom. The molecule has 0 saturated carbocycles. The van der Waals surface area contributed by atoms with Gasteiger partial charge in [-0.25, -0.2) is 13.4 Å². The molecule has 214 valence electrons. The number of aliphatic carboxylic acids is 1. The summed E-state index contributed by atoms with van der Waals surface area (Å²) in [5.74, 6) is -1.78. The Morgan fingerprint density at radius 3 is 2.41 bits per heavy atom. The first-order chi connectivity index (χ1) is 18.3. The molecule has 0 radical (unpaired) electrons. The summed E-state index contributed by atoms with van der Waals surface area (Å²) in [6.07, 6.45) is 0.801. The van der Waals surface area contributed by atoms with E-state index in [1.165, 1.54) is 0 Å². The van der Waals surface area contributed by atoms with Gasteiger partial charge in [-0.05, 0) is 58.6 Å². The van der Waals surface area contributed by atoms with Crippen molar-refractivity contribution < 1.29 is 32.7 Å². The maximum atomic E-state index is 13.0. The lowest BCUT2D eigenvalue weighted by atomic mass is 10.0. The third kappa shape index (κ3) is 8.08. The van der Waals surface area contributed by atoms with Crippen LogP contribution in [0.1, 0.15) is 53.8 Å². The van der Waals surface area contributed by atoms with E-state index in [0.29, 0.717) is 36.3 Å². The van der Waals surface area contributed by atoms with E-state index in [2.05, 4.69) is 30.8 Å². The molecule has 1 aliphatic rings. The predicted molar refractivity (Wildman–Crippen MR) is 142 cm³/mol. The van der Waals surface area contributed by atoms with Crippen molar-refractivity contribution in [2.24, 2.45) is 0 Å². The number of hydrogen-bond donors (Lipinski definition) is 6. The third-order valence-electron chi connectivity index (χ3n) is 6.46. The highest BCUT2D eigenvalue weighted by atomic mass is 32.2. The quantitative estimate of drug-likeness (QED) is 0.220. The van der Waals surface area contributed by atoms with E-state index >= 15 is 0 Å². The van der Waals surface area contributed by atoms with Gasteiger partial charge >= 0.3 is 5.97 Å². The zero-order valence-electron chi connectivity index (χ0n) is 22.7. The molecule has 14 heteroatoms. The highest BCUT2D eigenvalue weighted by Gasteiger charge is 2.33. The fraction of sp³-hybridized carbons (Fsp3) is 0.520. The molecule has 1 aromatic carbocycles. The Balaban J connectivity index is 1.46. The van der Waals surface area contributed by atoms with E-state index < -0.39 is 40.6 Å². The number of carboxylic acid groups (broad SMARTS) is 1. The lowest BCUT2D eigenvalue weighted by Crippen LogP contribution is -2.50. The summed E-state index contributed by atoms with van der Waals surface area (Å²) in [7, 11) is -4.16. The topological polar surface area (TPSA) is 192 Å². The second-order valence-electron chi connectivity index (χ2n) is 9.88. The monoisotopic (exact) mass is 564 g/mol. The van der Waals surface area contributed by atoms with E-state index in [9.17, 15) is 27.9 Å². The standard InChI is InChI=1S/C25H36N6O7S/c1-13-9-14(2)22(15(3)10-13)39(36,37)31-19(24(34)35)12-26-23(33)20-11-18(30-38-20)7-6-8-21(32)29-25-27-16(4)17(5)28-25/h9-10,18-20,30-31H,6-8,11-12H2,1-5H3,(H,26,33)(H,34,35)(H2,27,28,29,32). The molecule has 2 aromatic rings. The van der Waals surface area contributed by atoms with Gasteiger partial charge in [0.1, 0.15) is 6.04 Å². The molecule has 3 rings (SSSR count). The lowest BCUT2D eigenvalue weighted by Gasteiger charge is -2.19. The number of aryl methyl sites for hydroxylation is 5. The number of hydroxylamine groups is 1. The second kappa shape index (κ2) is 12.7. The maximum absolute atomic E-state index is 13.0. The van der Waals surface area contributed by atoms with Crippen molar-refractivity contribution in [1.82, 2.24) is 25.5 Å². The van der Waals surface area contributed by atoms with Crippen molar-refractivity contribution in [3.05, 3.63) is 40.2 Å². The van der Waals surface area contributed by atoms with Crippen LogP contribution < -0.4 is 20.8 Å².